The largest absolute Gasteiger partial charge is 0.390 e. The molecule has 1 rings (SSSR count). The van der Waals surface area contributed by atoms with Gasteiger partial charge in [0.1, 0.15) is 0 Å². The summed E-state index contributed by atoms with van der Waals surface area (Å²) < 4.78 is 60.2. The van der Waals surface area contributed by atoms with E-state index in [0.717, 1.165) is 4.31 Å². The van der Waals surface area contributed by atoms with Gasteiger partial charge in [0.25, 0.3) is 0 Å². The van der Waals surface area contributed by atoms with Crippen LogP contribution in [0.5, 0.6) is 0 Å². The molecule has 0 saturated carbocycles. The van der Waals surface area contributed by atoms with Gasteiger partial charge in [-0.2, -0.15) is 13.2 Å². The predicted octanol–water partition coefficient (Wildman–Crippen LogP) is 0.562. The molecule has 1 saturated heterocycles. The Morgan fingerprint density at radius 2 is 2.06 bits per heavy atom. The summed E-state index contributed by atoms with van der Waals surface area (Å²) in [6.45, 7) is 0.401. The molecule has 1 aliphatic heterocycles. The van der Waals surface area contributed by atoms with Gasteiger partial charge in [-0.25, -0.2) is 12.7 Å². The van der Waals surface area contributed by atoms with Gasteiger partial charge in [0, 0.05) is 20.1 Å². The highest BCUT2D eigenvalue weighted by Gasteiger charge is 2.34. The average Bonchev–Trinajstić information content (AvgIpc) is 2.65. The number of hydrogen-bond donors (Lipinski definition) is 1. The molecule has 0 aromatic heterocycles. The first-order valence-corrected chi connectivity index (χ1v) is 6.46. The van der Waals surface area contributed by atoms with Crippen LogP contribution in [0.2, 0.25) is 0 Å². The van der Waals surface area contributed by atoms with Crippen LogP contribution >= 0.6 is 0 Å². The third kappa shape index (κ3) is 3.60. The van der Waals surface area contributed by atoms with Crippen LogP contribution in [-0.4, -0.2) is 50.8 Å². The monoisotopic (exact) mass is 260 g/mol. The van der Waals surface area contributed by atoms with Crippen molar-refractivity contribution in [3.8, 4) is 0 Å². The lowest BCUT2D eigenvalue weighted by Gasteiger charge is -2.21. The molecule has 16 heavy (non-hydrogen) atoms. The Kier molecular flexibility index (Phi) is 4.19. The molecule has 1 heterocycles. The van der Waals surface area contributed by atoms with Gasteiger partial charge < -0.3 is 5.32 Å². The van der Waals surface area contributed by atoms with Crippen molar-refractivity contribution in [1.29, 1.82) is 0 Å². The summed E-state index contributed by atoms with van der Waals surface area (Å²) in [7, 11) is -2.40. The second-order valence-electron chi connectivity index (χ2n) is 3.85. The summed E-state index contributed by atoms with van der Waals surface area (Å²) in [6.07, 6.45) is -4.97. The van der Waals surface area contributed by atoms with Gasteiger partial charge in [-0.1, -0.05) is 0 Å². The van der Waals surface area contributed by atoms with E-state index in [9.17, 15) is 21.6 Å². The number of halogens is 3. The van der Waals surface area contributed by atoms with Crippen molar-refractivity contribution >= 4 is 10.0 Å². The fourth-order valence-corrected chi connectivity index (χ4v) is 3.15. The van der Waals surface area contributed by atoms with Crippen LogP contribution in [0.15, 0.2) is 0 Å². The first-order valence-electron chi connectivity index (χ1n) is 4.96. The highest BCUT2D eigenvalue weighted by molar-refractivity contribution is 7.89. The number of nitrogens with one attached hydrogen (secondary N) is 1. The van der Waals surface area contributed by atoms with E-state index in [1.165, 1.54) is 7.05 Å². The van der Waals surface area contributed by atoms with Crippen LogP contribution in [0.25, 0.3) is 0 Å². The topological polar surface area (TPSA) is 49.4 Å². The maximum Gasteiger partial charge on any atom is 0.390 e. The fraction of sp³-hybridized carbons (Fsp3) is 1.00. The highest BCUT2D eigenvalue weighted by Crippen LogP contribution is 2.21. The molecule has 4 nitrogen and oxygen atoms in total. The van der Waals surface area contributed by atoms with E-state index in [1.54, 1.807) is 0 Å². The minimum Gasteiger partial charge on any atom is -0.315 e. The predicted molar refractivity (Wildman–Crippen MR) is 53.5 cm³/mol. The number of alkyl halides is 3. The van der Waals surface area contributed by atoms with Crippen LogP contribution in [0.1, 0.15) is 12.8 Å². The van der Waals surface area contributed by atoms with Crippen molar-refractivity contribution in [1.82, 2.24) is 9.62 Å². The maximum absolute atomic E-state index is 11.9. The summed E-state index contributed by atoms with van der Waals surface area (Å²) in [6, 6.07) is 0. The third-order valence-electron chi connectivity index (χ3n) is 2.58. The van der Waals surface area contributed by atoms with Gasteiger partial charge in [-0.3, -0.25) is 0 Å². The number of sulfonamides is 1. The van der Waals surface area contributed by atoms with Gasteiger partial charge in [-0.15, -0.1) is 0 Å². The summed E-state index contributed by atoms with van der Waals surface area (Å²) in [4.78, 5) is 0. The van der Waals surface area contributed by atoms with Gasteiger partial charge >= 0.3 is 6.18 Å². The molecule has 1 aliphatic rings. The second kappa shape index (κ2) is 4.89. The molecule has 0 aromatic carbocycles. The molecule has 1 N–H and O–H groups in total. The first kappa shape index (κ1) is 13.7. The molecule has 1 fully saturated rings. The lowest BCUT2D eigenvalue weighted by molar-refractivity contribution is -0.135. The second-order valence-corrected chi connectivity index (χ2v) is 6.17. The number of rotatable bonds is 4. The zero-order valence-corrected chi connectivity index (χ0v) is 9.74. The van der Waals surface area contributed by atoms with E-state index >= 15 is 0 Å². The van der Waals surface area contributed by atoms with Crippen LogP contribution in [0.3, 0.4) is 0 Å². The van der Waals surface area contributed by atoms with Crippen LogP contribution in [0.4, 0.5) is 13.2 Å². The summed E-state index contributed by atoms with van der Waals surface area (Å²) >= 11 is 0. The molecule has 0 aromatic rings. The molecule has 0 aliphatic carbocycles. The van der Waals surface area contributed by atoms with Gasteiger partial charge in [0.2, 0.25) is 10.0 Å². The third-order valence-corrected chi connectivity index (χ3v) is 4.88. The molecule has 8 heteroatoms. The van der Waals surface area contributed by atoms with Crippen LogP contribution < -0.4 is 5.32 Å². The minimum atomic E-state index is -4.32. The van der Waals surface area contributed by atoms with Crippen molar-refractivity contribution in [3.05, 3.63) is 0 Å². The Bertz CT molecular complexity index is 323. The molecule has 1 atom stereocenters. The first-order chi connectivity index (χ1) is 7.23. The molecule has 0 bridgehead atoms. The maximum atomic E-state index is 11.9. The lowest BCUT2D eigenvalue weighted by Crippen LogP contribution is -2.38. The van der Waals surface area contributed by atoms with Gasteiger partial charge in [0.15, 0.2) is 0 Å². The van der Waals surface area contributed by atoms with Gasteiger partial charge in [-0.05, 0) is 13.0 Å². The van der Waals surface area contributed by atoms with E-state index < -0.39 is 34.4 Å². The Balaban J connectivity index is 2.55. The number of hydrogen-bond acceptors (Lipinski definition) is 3. The van der Waals surface area contributed by atoms with Crippen LogP contribution in [-0.2, 0) is 10.0 Å². The summed E-state index contributed by atoms with van der Waals surface area (Å²) in [5, 5.41) is 2.29. The number of nitrogens with zero attached hydrogens (tertiary/aromatic N) is 1. The Morgan fingerprint density at radius 1 is 1.44 bits per heavy atom. The molecule has 0 spiro atoms. The summed E-state index contributed by atoms with van der Waals surface area (Å²) in [5.74, 6) is 0. The zero-order chi connectivity index (χ0) is 12.4. The smallest absolute Gasteiger partial charge is 0.315 e. The van der Waals surface area contributed by atoms with E-state index in [0.29, 0.717) is 19.5 Å². The van der Waals surface area contributed by atoms with Crippen molar-refractivity contribution in [2.24, 2.45) is 0 Å². The lowest BCUT2D eigenvalue weighted by atomic mass is 10.4. The highest BCUT2D eigenvalue weighted by atomic mass is 32.2. The molecule has 0 amide bonds. The summed E-state index contributed by atoms with van der Waals surface area (Å²) in [5.41, 5.74) is 0. The van der Waals surface area contributed by atoms with Gasteiger partial charge in [0.05, 0.1) is 11.7 Å². The fourth-order valence-electron chi connectivity index (χ4n) is 1.55. The van der Waals surface area contributed by atoms with Crippen molar-refractivity contribution in [2.45, 2.75) is 24.3 Å². The van der Waals surface area contributed by atoms with Crippen molar-refractivity contribution in [2.75, 3.05) is 26.7 Å². The molecule has 0 radical (unpaired) electrons. The molecule has 96 valence electrons. The minimum absolute atomic E-state index is 0.318. The molecular formula is C8H15F3N2O2S. The van der Waals surface area contributed by atoms with Crippen LogP contribution in [0, 0.1) is 0 Å². The normalized spacial score (nSPS) is 22.9. The van der Waals surface area contributed by atoms with Crippen molar-refractivity contribution < 1.29 is 21.6 Å². The molecule has 1 unspecified atom stereocenters. The standard InChI is InChI=1S/C8H15F3N2O2S/c1-13(5-3-8(9,10)11)16(14,15)7-2-4-12-6-7/h7,12H,2-6H2,1H3. The van der Waals surface area contributed by atoms with Crippen molar-refractivity contribution in [3.63, 3.8) is 0 Å². The Morgan fingerprint density at radius 3 is 2.50 bits per heavy atom. The van der Waals surface area contributed by atoms with E-state index in [4.69, 9.17) is 0 Å². The van der Waals surface area contributed by atoms with E-state index in [1.807, 2.05) is 0 Å². The quantitative estimate of drug-likeness (QED) is 0.803. The molecular weight excluding hydrogens is 245 g/mol. The Hall–Kier alpha value is -0.340. The SMILES string of the molecule is CN(CCC(F)(F)F)S(=O)(=O)C1CCNC1. The van der Waals surface area contributed by atoms with E-state index in [-0.39, 0.29) is 0 Å². The zero-order valence-electron chi connectivity index (χ0n) is 8.92. The Labute approximate surface area is 92.9 Å². The van der Waals surface area contributed by atoms with E-state index in [2.05, 4.69) is 5.32 Å². The average molecular weight is 260 g/mol.